The van der Waals surface area contributed by atoms with E-state index >= 15 is 4.39 Å². The summed E-state index contributed by atoms with van der Waals surface area (Å²) >= 11 is 0. The number of fused-ring (bicyclic) bond motifs is 1. The van der Waals surface area contributed by atoms with Gasteiger partial charge in [0.1, 0.15) is 28.7 Å². The molecule has 1 aliphatic rings. The molecular formula is C36H40FN7O4. The topological polar surface area (TPSA) is 127 Å². The minimum Gasteiger partial charge on any atom is -0.485 e. The van der Waals surface area contributed by atoms with E-state index in [-0.39, 0.29) is 27.8 Å². The molecule has 0 unspecified atom stereocenters. The first-order valence-electron chi connectivity index (χ1n) is 15.9. The summed E-state index contributed by atoms with van der Waals surface area (Å²) in [4.78, 5) is 33.6. The lowest BCUT2D eigenvalue weighted by atomic mass is 9.86. The summed E-state index contributed by atoms with van der Waals surface area (Å²) in [6, 6.07) is 13.3. The van der Waals surface area contributed by atoms with Crippen molar-refractivity contribution in [1.29, 1.82) is 0 Å². The Kier molecular flexibility index (Phi) is 8.65. The van der Waals surface area contributed by atoms with Crippen LogP contribution in [-0.4, -0.2) is 59.8 Å². The number of pyridine rings is 1. The van der Waals surface area contributed by atoms with Gasteiger partial charge in [0.2, 0.25) is 0 Å². The lowest BCUT2D eigenvalue weighted by molar-refractivity contribution is 0.0350. The summed E-state index contributed by atoms with van der Waals surface area (Å²) in [5, 5.41) is 22.7. The van der Waals surface area contributed by atoms with Crippen LogP contribution in [-0.2, 0) is 19.1 Å². The highest BCUT2D eigenvalue weighted by atomic mass is 19.1. The average molecular weight is 654 g/mol. The van der Waals surface area contributed by atoms with E-state index in [1.807, 2.05) is 34.6 Å². The molecule has 4 heterocycles. The third-order valence-corrected chi connectivity index (χ3v) is 8.53. The van der Waals surface area contributed by atoms with Gasteiger partial charge in [-0.1, -0.05) is 32.9 Å². The van der Waals surface area contributed by atoms with Crippen LogP contribution >= 0.6 is 0 Å². The number of nitrogens with zero attached hydrogens (tertiary/aromatic N) is 6. The molecule has 2 N–H and O–H groups in total. The molecule has 1 saturated heterocycles. The average Bonchev–Trinajstić information content (AvgIpc) is 3.01. The Hall–Kier alpha value is -4.94. The van der Waals surface area contributed by atoms with E-state index in [2.05, 4.69) is 25.4 Å². The highest BCUT2D eigenvalue weighted by Crippen LogP contribution is 2.30. The molecule has 5 aromatic rings. The van der Waals surface area contributed by atoms with Crippen LogP contribution in [0.5, 0.6) is 5.75 Å². The Morgan fingerprint density at radius 3 is 2.42 bits per heavy atom. The molecule has 0 bridgehead atoms. The van der Waals surface area contributed by atoms with E-state index in [9.17, 15) is 14.7 Å². The minimum atomic E-state index is -0.657. The molecule has 48 heavy (non-hydrogen) atoms. The Morgan fingerprint density at radius 2 is 1.77 bits per heavy atom. The van der Waals surface area contributed by atoms with Crippen LogP contribution in [0.25, 0.3) is 27.7 Å². The van der Waals surface area contributed by atoms with Crippen LogP contribution in [0.4, 0.5) is 15.9 Å². The minimum absolute atomic E-state index is 0.0948. The second-order valence-corrected chi connectivity index (χ2v) is 13.9. The van der Waals surface area contributed by atoms with Gasteiger partial charge in [0, 0.05) is 30.1 Å². The number of rotatable bonds is 9. The van der Waals surface area contributed by atoms with Crippen LogP contribution in [0.2, 0.25) is 0 Å². The number of aliphatic hydroxyl groups excluding tert-OH is 1. The smallest absolute Gasteiger partial charge is 0.290 e. The highest BCUT2D eigenvalue weighted by molar-refractivity contribution is 5.83. The van der Waals surface area contributed by atoms with Crippen LogP contribution in [0.1, 0.15) is 52.2 Å². The lowest BCUT2D eigenvalue weighted by Crippen LogP contribution is -2.48. The quantitative estimate of drug-likeness (QED) is 0.224. The van der Waals surface area contributed by atoms with Gasteiger partial charge in [0.15, 0.2) is 0 Å². The number of nitrogens with one attached hydrogen (secondary N) is 1. The summed E-state index contributed by atoms with van der Waals surface area (Å²) in [5.41, 5.74) is 0.605. The maximum Gasteiger partial charge on any atom is 0.290 e. The molecule has 0 spiro atoms. The standard InChI is InChI=1S/C36H40FN7O4/c1-35(2,3)23-15-22-18-39-44(34(47)32(22)27(37)16-23)30-10-7-9-25(26(30)20-45)28-17-29(33(46)42(6)41-28)40-31-12-11-24(19-38-31)48-36(4,5)21-43-13-8-14-43/h7,9-12,15-19,45H,8,13-14,20-21H2,1-6H3,(H,38,40). The number of aromatic nitrogens is 5. The maximum absolute atomic E-state index is 15.4. The first-order valence-corrected chi connectivity index (χ1v) is 15.9. The van der Waals surface area contributed by atoms with E-state index in [4.69, 9.17) is 4.74 Å². The van der Waals surface area contributed by atoms with Crippen molar-refractivity contribution in [2.24, 2.45) is 7.05 Å². The van der Waals surface area contributed by atoms with E-state index < -0.39 is 23.5 Å². The molecular weight excluding hydrogens is 613 g/mol. The Morgan fingerprint density at radius 1 is 1.00 bits per heavy atom. The third kappa shape index (κ3) is 6.58. The van der Waals surface area contributed by atoms with E-state index in [0.29, 0.717) is 33.8 Å². The number of likely N-dealkylation sites (tertiary alicyclic amines) is 1. The van der Waals surface area contributed by atoms with Gasteiger partial charge in [-0.15, -0.1) is 0 Å². The normalized spacial score (nSPS) is 13.8. The number of hydrogen-bond acceptors (Lipinski definition) is 9. The first-order chi connectivity index (χ1) is 22.7. The van der Waals surface area contributed by atoms with Crippen molar-refractivity contribution in [2.45, 2.75) is 58.7 Å². The molecule has 3 aromatic heterocycles. The van der Waals surface area contributed by atoms with Crippen molar-refractivity contribution in [3.8, 4) is 22.7 Å². The zero-order valence-corrected chi connectivity index (χ0v) is 28.0. The predicted molar refractivity (Wildman–Crippen MR) is 184 cm³/mol. The molecule has 0 aliphatic carbocycles. The van der Waals surface area contributed by atoms with Gasteiger partial charge in [-0.3, -0.25) is 14.5 Å². The molecule has 0 amide bonds. The summed E-state index contributed by atoms with van der Waals surface area (Å²) < 4.78 is 23.8. The summed E-state index contributed by atoms with van der Waals surface area (Å²) in [7, 11) is 1.52. The van der Waals surface area contributed by atoms with E-state index in [1.165, 1.54) is 30.4 Å². The fourth-order valence-electron chi connectivity index (χ4n) is 5.93. The second kappa shape index (κ2) is 12.6. The van der Waals surface area contributed by atoms with Gasteiger partial charge in [0.05, 0.1) is 35.8 Å². The fourth-order valence-corrected chi connectivity index (χ4v) is 5.93. The molecule has 0 saturated carbocycles. The fraction of sp³-hybridized carbons (Fsp3) is 0.361. The SMILES string of the molecule is Cn1nc(-c2cccc(-n3ncc4cc(C(C)(C)C)cc(F)c4c3=O)c2CO)cc(Nc2ccc(OC(C)(C)CN3CCC3)cn2)c1=O. The van der Waals surface area contributed by atoms with Crippen LogP contribution < -0.4 is 21.2 Å². The summed E-state index contributed by atoms with van der Waals surface area (Å²) in [5.74, 6) is 0.405. The van der Waals surface area contributed by atoms with Crippen molar-refractivity contribution in [3.05, 3.63) is 98.6 Å². The molecule has 1 aliphatic heterocycles. The number of benzene rings is 2. The molecule has 0 radical (unpaired) electrons. The Labute approximate surface area is 277 Å². The van der Waals surface area contributed by atoms with Gasteiger partial charge in [0.25, 0.3) is 11.1 Å². The zero-order valence-electron chi connectivity index (χ0n) is 28.0. The number of ether oxygens (including phenoxy) is 1. The summed E-state index contributed by atoms with van der Waals surface area (Å²) in [6.45, 7) is 12.5. The van der Waals surface area contributed by atoms with Gasteiger partial charge in [-0.25, -0.2) is 14.1 Å². The van der Waals surface area contributed by atoms with Crippen molar-refractivity contribution < 1.29 is 14.2 Å². The van der Waals surface area contributed by atoms with Gasteiger partial charge in [-0.05, 0) is 80.7 Å². The van der Waals surface area contributed by atoms with E-state index in [0.717, 1.165) is 29.9 Å². The van der Waals surface area contributed by atoms with Crippen molar-refractivity contribution in [2.75, 3.05) is 25.0 Å². The van der Waals surface area contributed by atoms with Crippen molar-refractivity contribution >= 4 is 22.3 Å². The van der Waals surface area contributed by atoms with Crippen LogP contribution in [0.15, 0.2) is 70.5 Å². The third-order valence-electron chi connectivity index (χ3n) is 8.53. The van der Waals surface area contributed by atoms with E-state index in [1.54, 1.807) is 48.7 Å². The van der Waals surface area contributed by atoms with Crippen LogP contribution in [0, 0.1) is 5.82 Å². The van der Waals surface area contributed by atoms with Crippen molar-refractivity contribution in [3.63, 3.8) is 0 Å². The monoisotopic (exact) mass is 653 g/mol. The van der Waals surface area contributed by atoms with Crippen LogP contribution in [0.3, 0.4) is 0 Å². The predicted octanol–water partition coefficient (Wildman–Crippen LogP) is 5.08. The molecule has 12 heteroatoms. The molecule has 11 nitrogen and oxygen atoms in total. The number of halogens is 1. The molecule has 250 valence electrons. The Bertz CT molecular complexity index is 2110. The van der Waals surface area contributed by atoms with Gasteiger partial charge >= 0.3 is 0 Å². The molecule has 1 fully saturated rings. The highest BCUT2D eigenvalue weighted by Gasteiger charge is 2.27. The lowest BCUT2D eigenvalue weighted by Gasteiger charge is -2.38. The maximum atomic E-state index is 15.4. The first kappa shape index (κ1) is 33.0. The number of aliphatic hydroxyl groups is 1. The zero-order chi connectivity index (χ0) is 34.4. The van der Waals surface area contributed by atoms with Gasteiger partial charge in [-0.2, -0.15) is 14.9 Å². The van der Waals surface area contributed by atoms with Crippen molar-refractivity contribution in [1.82, 2.24) is 29.4 Å². The second-order valence-electron chi connectivity index (χ2n) is 13.9. The molecule has 0 atom stereocenters. The largest absolute Gasteiger partial charge is 0.485 e. The summed E-state index contributed by atoms with van der Waals surface area (Å²) in [6.07, 6.45) is 4.27. The number of hydrogen-bond donors (Lipinski definition) is 2. The molecule has 6 rings (SSSR count). The van der Waals surface area contributed by atoms with Gasteiger partial charge < -0.3 is 15.2 Å². The number of anilines is 2. The molecule has 2 aromatic carbocycles. The Balaban J connectivity index is 1.32. The number of aryl methyl sites for hydroxylation is 1.